The van der Waals surface area contributed by atoms with Gasteiger partial charge in [0.2, 0.25) is 0 Å². The number of nitrogens with two attached hydrogens (primary N) is 1. The molecular weight excluding hydrogens is 290 g/mol. The molecule has 4 nitrogen and oxygen atoms in total. The minimum atomic E-state index is -0.262. The number of thioether (sulfide) groups is 1. The van der Waals surface area contributed by atoms with Gasteiger partial charge in [-0.1, -0.05) is 32.0 Å². The van der Waals surface area contributed by atoms with E-state index in [9.17, 15) is 4.79 Å². The van der Waals surface area contributed by atoms with Crippen molar-refractivity contribution in [3.8, 4) is 0 Å². The highest BCUT2D eigenvalue weighted by Gasteiger charge is 2.19. The zero-order valence-corrected chi connectivity index (χ0v) is 13.1. The second-order valence-electron chi connectivity index (χ2n) is 4.55. The molecule has 0 aliphatic heterocycles. The number of amides is 1. The third-order valence-corrected chi connectivity index (χ3v) is 4.96. The molecule has 106 valence electrons. The second kappa shape index (κ2) is 6.88. The first-order chi connectivity index (χ1) is 9.61. The zero-order valence-electron chi connectivity index (χ0n) is 11.4. The van der Waals surface area contributed by atoms with Gasteiger partial charge >= 0.3 is 0 Å². The number of hydrogen-bond acceptors (Lipinski definition) is 5. The van der Waals surface area contributed by atoms with Gasteiger partial charge in [-0.05, 0) is 18.1 Å². The van der Waals surface area contributed by atoms with E-state index in [2.05, 4.69) is 22.5 Å². The van der Waals surface area contributed by atoms with Crippen LogP contribution in [0.5, 0.6) is 0 Å². The first-order valence-electron chi connectivity index (χ1n) is 6.30. The quantitative estimate of drug-likeness (QED) is 0.385. The Kier molecular flexibility index (Phi) is 5.17. The minimum Gasteiger partial charge on any atom is -0.289 e. The number of nitrogens with zero attached hydrogens (tertiary/aromatic N) is 1. The lowest BCUT2D eigenvalue weighted by atomic mass is 10.1. The van der Waals surface area contributed by atoms with Crippen molar-refractivity contribution in [2.45, 2.75) is 30.4 Å². The van der Waals surface area contributed by atoms with Crippen LogP contribution in [-0.4, -0.2) is 10.9 Å². The van der Waals surface area contributed by atoms with E-state index in [-0.39, 0.29) is 11.8 Å². The number of nitrogens with one attached hydrogen (secondary N) is 1. The average Bonchev–Trinajstić information content (AvgIpc) is 2.90. The topological polar surface area (TPSA) is 68.0 Å². The molecule has 2 rings (SSSR count). The van der Waals surface area contributed by atoms with Crippen LogP contribution in [0.3, 0.4) is 0 Å². The maximum Gasteiger partial charge on any atom is 0.277 e. The van der Waals surface area contributed by atoms with Crippen molar-refractivity contribution >= 4 is 29.0 Å². The van der Waals surface area contributed by atoms with Gasteiger partial charge < -0.3 is 0 Å². The number of carbonyl (C=O) groups excluding carboxylic acids is 1. The summed E-state index contributed by atoms with van der Waals surface area (Å²) in [5.74, 6) is 5.92. The van der Waals surface area contributed by atoms with Crippen LogP contribution < -0.4 is 11.3 Å². The number of aromatic nitrogens is 1. The third kappa shape index (κ3) is 3.59. The Morgan fingerprint density at radius 3 is 2.70 bits per heavy atom. The predicted molar refractivity (Wildman–Crippen MR) is 83.9 cm³/mol. The van der Waals surface area contributed by atoms with Gasteiger partial charge in [0.05, 0.1) is 11.4 Å². The maximum atomic E-state index is 11.8. The predicted octanol–water partition coefficient (Wildman–Crippen LogP) is 3.16. The van der Waals surface area contributed by atoms with Crippen molar-refractivity contribution in [3.63, 3.8) is 0 Å². The van der Waals surface area contributed by atoms with E-state index < -0.39 is 0 Å². The molecule has 1 amide bonds. The number of rotatable bonds is 5. The fraction of sp³-hybridized carbons (Fsp3) is 0.286. The molecule has 0 aliphatic rings. The Balaban J connectivity index is 2.15. The van der Waals surface area contributed by atoms with E-state index in [1.54, 1.807) is 11.8 Å². The van der Waals surface area contributed by atoms with Crippen LogP contribution in [0.2, 0.25) is 0 Å². The Morgan fingerprint density at radius 2 is 2.10 bits per heavy atom. The van der Waals surface area contributed by atoms with E-state index in [1.807, 2.05) is 32.0 Å². The van der Waals surface area contributed by atoms with Crippen molar-refractivity contribution in [1.82, 2.24) is 10.4 Å². The molecular formula is C14H17N3OS2. The Morgan fingerprint density at radius 1 is 1.40 bits per heavy atom. The van der Waals surface area contributed by atoms with Crippen molar-refractivity contribution < 1.29 is 4.79 Å². The van der Waals surface area contributed by atoms with E-state index in [1.165, 1.54) is 16.2 Å². The Bertz CT molecular complexity index is 581. The number of carbonyl (C=O) groups is 1. The molecule has 0 saturated heterocycles. The summed E-state index contributed by atoms with van der Waals surface area (Å²) < 4.78 is 0. The van der Waals surface area contributed by atoms with Crippen LogP contribution in [0.4, 0.5) is 0 Å². The Hall–Kier alpha value is -1.37. The number of hydrazine groups is 1. The number of thiazole rings is 1. The lowest BCUT2D eigenvalue weighted by Crippen LogP contribution is -2.30. The molecule has 0 atom stereocenters. The molecule has 1 heterocycles. The lowest BCUT2D eigenvalue weighted by Gasteiger charge is -2.02. The van der Waals surface area contributed by atoms with Crippen LogP contribution in [-0.2, 0) is 5.75 Å². The highest BCUT2D eigenvalue weighted by atomic mass is 32.2. The van der Waals surface area contributed by atoms with Crippen molar-refractivity contribution in [2.24, 2.45) is 5.84 Å². The highest BCUT2D eigenvalue weighted by Crippen LogP contribution is 2.29. The van der Waals surface area contributed by atoms with Crippen LogP contribution >= 0.6 is 23.1 Å². The molecule has 0 saturated carbocycles. The molecule has 0 spiro atoms. The van der Waals surface area contributed by atoms with Crippen molar-refractivity contribution in [3.05, 3.63) is 45.9 Å². The molecule has 0 aliphatic carbocycles. The Labute approximate surface area is 126 Å². The van der Waals surface area contributed by atoms with Crippen LogP contribution in [0, 0.1) is 0 Å². The van der Waals surface area contributed by atoms with Crippen LogP contribution in [0.1, 0.15) is 40.1 Å². The van der Waals surface area contributed by atoms with Gasteiger partial charge in [0.25, 0.3) is 5.91 Å². The van der Waals surface area contributed by atoms with Crippen LogP contribution in [0.15, 0.2) is 35.2 Å². The summed E-state index contributed by atoms with van der Waals surface area (Å²) in [7, 11) is 0. The summed E-state index contributed by atoms with van der Waals surface area (Å²) in [6.07, 6.45) is 0. The summed E-state index contributed by atoms with van der Waals surface area (Å²) >= 11 is 3.13. The molecule has 1 aromatic heterocycles. The third-order valence-electron chi connectivity index (χ3n) is 2.69. The van der Waals surface area contributed by atoms with E-state index >= 15 is 0 Å². The van der Waals surface area contributed by atoms with Crippen molar-refractivity contribution in [1.29, 1.82) is 0 Å². The standard InChI is InChI=1S/C14H17N3OS2/c1-9(2)12-13(14(18)17-15)20-11(16-12)8-19-10-6-4-3-5-7-10/h3-7,9H,8,15H2,1-2H3,(H,17,18). The number of nitrogen functional groups attached to an aromatic ring is 1. The van der Waals surface area contributed by atoms with Gasteiger partial charge in [-0.15, -0.1) is 23.1 Å². The first-order valence-corrected chi connectivity index (χ1v) is 8.10. The highest BCUT2D eigenvalue weighted by molar-refractivity contribution is 7.98. The smallest absolute Gasteiger partial charge is 0.277 e. The van der Waals surface area contributed by atoms with E-state index in [0.717, 1.165) is 16.5 Å². The van der Waals surface area contributed by atoms with Gasteiger partial charge in [-0.25, -0.2) is 10.8 Å². The number of hydrogen-bond donors (Lipinski definition) is 2. The largest absolute Gasteiger partial charge is 0.289 e. The van der Waals surface area contributed by atoms with Crippen LogP contribution in [0.25, 0.3) is 0 Å². The second-order valence-corrected chi connectivity index (χ2v) is 6.68. The zero-order chi connectivity index (χ0) is 14.5. The molecule has 0 radical (unpaired) electrons. The molecule has 6 heteroatoms. The molecule has 1 aromatic carbocycles. The van der Waals surface area contributed by atoms with E-state index in [0.29, 0.717) is 4.88 Å². The molecule has 0 unspecified atom stereocenters. The minimum absolute atomic E-state index is 0.203. The van der Waals surface area contributed by atoms with E-state index in [4.69, 9.17) is 5.84 Å². The SMILES string of the molecule is CC(C)c1nc(CSc2ccccc2)sc1C(=O)NN. The number of benzene rings is 1. The fourth-order valence-electron chi connectivity index (χ4n) is 1.72. The van der Waals surface area contributed by atoms with Gasteiger partial charge in [-0.3, -0.25) is 10.2 Å². The molecule has 0 bridgehead atoms. The van der Waals surface area contributed by atoms with Crippen molar-refractivity contribution in [2.75, 3.05) is 0 Å². The first kappa shape index (κ1) is 15.0. The van der Waals surface area contributed by atoms with Gasteiger partial charge in [-0.2, -0.15) is 0 Å². The normalized spacial score (nSPS) is 10.8. The summed E-state index contributed by atoms with van der Waals surface area (Å²) in [6.45, 7) is 4.05. The fourth-order valence-corrected chi connectivity index (χ4v) is 3.75. The molecule has 2 aromatic rings. The van der Waals surface area contributed by atoms with Gasteiger partial charge in [0.1, 0.15) is 9.88 Å². The average molecular weight is 307 g/mol. The van der Waals surface area contributed by atoms with Gasteiger partial charge in [0.15, 0.2) is 0 Å². The summed E-state index contributed by atoms with van der Waals surface area (Å²) in [5.41, 5.74) is 3.01. The van der Waals surface area contributed by atoms with Gasteiger partial charge in [0, 0.05) is 4.90 Å². The summed E-state index contributed by atoms with van der Waals surface area (Å²) in [5, 5.41) is 0.946. The monoisotopic (exact) mass is 307 g/mol. The molecule has 20 heavy (non-hydrogen) atoms. The molecule has 0 fully saturated rings. The summed E-state index contributed by atoms with van der Waals surface area (Å²) in [4.78, 5) is 18.1. The lowest BCUT2D eigenvalue weighted by molar-refractivity contribution is 0.0956. The molecule has 3 N–H and O–H groups in total. The maximum absolute atomic E-state index is 11.8. The summed E-state index contributed by atoms with van der Waals surface area (Å²) in [6, 6.07) is 10.1.